The van der Waals surface area contributed by atoms with Crippen molar-refractivity contribution in [2.75, 3.05) is 11.9 Å². The van der Waals surface area contributed by atoms with E-state index < -0.39 is 6.29 Å². The highest BCUT2D eigenvalue weighted by Crippen LogP contribution is 2.24. The molecule has 1 atom stereocenters. The van der Waals surface area contributed by atoms with Crippen molar-refractivity contribution in [1.82, 2.24) is 9.88 Å². The molecule has 0 spiro atoms. The van der Waals surface area contributed by atoms with Crippen molar-refractivity contribution in [3.63, 3.8) is 0 Å². The predicted molar refractivity (Wildman–Crippen MR) is 74.1 cm³/mol. The molecule has 0 aliphatic carbocycles. The molecule has 2 aromatic rings. The summed E-state index contributed by atoms with van der Waals surface area (Å²) >= 11 is 0. The van der Waals surface area contributed by atoms with Crippen LogP contribution in [-0.4, -0.2) is 23.2 Å². The maximum Gasteiger partial charge on any atom is 0.187 e. The molecule has 0 bridgehead atoms. The lowest BCUT2D eigenvalue weighted by atomic mass is 10.2. The Morgan fingerprint density at radius 2 is 2.05 bits per heavy atom. The van der Waals surface area contributed by atoms with Crippen LogP contribution in [0.1, 0.15) is 0 Å². The first kappa shape index (κ1) is 11.4. The monoisotopic (exact) mass is 252 g/mol. The Kier molecular flexibility index (Phi) is 2.70. The van der Waals surface area contributed by atoms with E-state index in [0.29, 0.717) is 0 Å². The van der Waals surface area contributed by atoms with E-state index in [9.17, 15) is 0 Å². The molecule has 0 fully saturated rings. The first-order valence-corrected chi connectivity index (χ1v) is 5.88. The van der Waals surface area contributed by atoms with E-state index >= 15 is 0 Å². The van der Waals surface area contributed by atoms with Crippen molar-refractivity contribution in [2.45, 2.75) is 6.29 Å². The Morgan fingerprint density at radius 1 is 1.21 bits per heavy atom. The average Bonchev–Trinajstić information content (AvgIpc) is 2.80. The molecule has 94 valence electrons. The summed E-state index contributed by atoms with van der Waals surface area (Å²) in [4.78, 5) is 11.1. The zero-order valence-corrected chi connectivity index (χ0v) is 10.4. The Balaban J connectivity index is 2.04. The Labute approximate surface area is 110 Å². The second kappa shape index (κ2) is 4.51. The van der Waals surface area contributed by atoms with E-state index in [-0.39, 0.29) is 0 Å². The summed E-state index contributed by atoms with van der Waals surface area (Å²) < 4.78 is 0. The van der Waals surface area contributed by atoms with Gasteiger partial charge in [-0.3, -0.25) is 0 Å². The van der Waals surface area contributed by atoms with Crippen LogP contribution in [0, 0.1) is 0 Å². The number of fused-ring (bicyclic) bond motifs is 1. The summed E-state index contributed by atoms with van der Waals surface area (Å²) in [5, 5.41) is 4.86. The van der Waals surface area contributed by atoms with Gasteiger partial charge in [-0.15, -0.1) is 0 Å². The fraction of sp³-hybridized carbons (Fsp3) is 0.154. The van der Waals surface area contributed by atoms with Crippen molar-refractivity contribution in [3.05, 3.63) is 59.2 Å². The summed E-state index contributed by atoms with van der Waals surface area (Å²) in [6.07, 6.45) is 3.31. The van der Waals surface area contributed by atoms with E-state index in [1.807, 2.05) is 65.6 Å². The maximum absolute atomic E-state index is 8.64. The van der Waals surface area contributed by atoms with Gasteiger partial charge in [-0.25, -0.2) is 4.98 Å². The van der Waals surface area contributed by atoms with Crippen molar-refractivity contribution in [1.29, 1.82) is 0 Å². The van der Waals surface area contributed by atoms with Crippen molar-refractivity contribution >= 4 is 16.7 Å². The molecule has 0 unspecified atom stereocenters. The first-order chi connectivity index (χ1) is 9.29. The molecule has 0 radical (unpaired) electrons. The molecule has 1 aliphatic rings. The fourth-order valence-electron chi connectivity index (χ4n) is 2.10. The number of azide groups is 1. The number of nitrogens with zero attached hydrogens (tertiary/aromatic N) is 6. The van der Waals surface area contributed by atoms with Gasteiger partial charge in [0.25, 0.3) is 0 Å². The standard InChI is InChI=1S/C13H12N6/c1-18-8-9-19(13(18)16-17-14)12-7-6-10-4-2-3-5-11(10)15-12/h2-9,13H,1H3/t13-/m1/s1. The summed E-state index contributed by atoms with van der Waals surface area (Å²) in [5.74, 6) is 0.761. The molecule has 19 heavy (non-hydrogen) atoms. The van der Waals surface area contributed by atoms with Gasteiger partial charge < -0.3 is 9.80 Å². The third kappa shape index (κ3) is 1.94. The molecule has 0 saturated heterocycles. The molecule has 1 aromatic carbocycles. The van der Waals surface area contributed by atoms with Crippen molar-refractivity contribution in [2.24, 2.45) is 5.11 Å². The van der Waals surface area contributed by atoms with Crippen LogP contribution in [0.5, 0.6) is 0 Å². The number of anilines is 1. The van der Waals surface area contributed by atoms with Crippen molar-refractivity contribution < 1.29 is 0 Å². The highest BCUT2D eigenvalue weighted by atomic mass is 15.5. The molecule has 6 nitrogen and oxygen atoms in total. The quantitative estimate of drug-likeness (QED) is 0.468. The van der Waals surface area contributed by atoms with Crippen LogP contribution >= 0.6 is 0 Å². The second-order valence-electron chi connectivity index (χ2n) is 4.28. The molecular weight excluding hydrogens is 240 g/mol. The largest absolute Gasteiger partial charge is 0.354 e. The van der Waals surface area contributed by atoms with Crippen LogP contribution in [0.2, 0.25) is 0 Å². The van der Waals surface area contributed by atoms with E-state index in [4.69, 9.17) is 5.53 Å². The van der Waals surface area contributed by atoms with Gasteiger partial charge in [-0.1, -0.05) is 18.2 Å². The van der Waals surface area contributed by atoms with Crippen LogP contribution in [-0.2, 0) is 0 Å². The van der Waals surface area contributed by atoms with Gasteiger partial charge >= 0.3 is 0 Å². The number of aromatic nitrogens is 1. The van der Waals surface area contributed by atoms with Gasteiger partial charge in [-0.05, 0) is 28.8 Å². The first-order valence-electron chi connectivity index (χ1n) is 5.88. The van der Waals surface area contributed by atoms with Gasteiger partial charge in [0.1, 0.15) is 5.82 Å². The molecule has 2 heterocycles. The summed E-state index contributed by atoms with van der Waals surface area (Å²) in [6, 6.07) is 11.8. The molecule has 0 N–H and O–H groups in total. The molecule has 1 aliphatic heterocycles. The van der Waals surface area contributed by atoms with Crippen LogP contribution in [0.15, 0.2) is 53.9 Å². The van der Waals surface area contributed by atoms with Gasteiger partial charge in [-0.2, -0.15) is 0 Å². The van der Waals surface area contributed by atoms with Gasteiger partial charge in [0.15, 0.2) is 6.29 Å². The minimum atomic E-state index is -0.404. The highest BCUT2D eigenvalue weighted by Gasteiger charge is 2.24. The lowest BCUT2D eigenvalue weighted by Gasteiger charge is -2.25. The predicted octanol–water partition coefficient (Wildman–Crippen LogP) is 3.05. The molecule has 3 rings (SSSR count). The van der Waals surface area contributed by atoms with E-state index in [2.05, 4.69) is 15.0 Å². The zero-order valence-electron chi connectivity index (χ0n) is 10.4. The zero-order chi connectivity index (χ0) is 13.2. The lowest BCUT2D eigenvalue weighted by molar-refractivity contribution is 0.366. The number of para-hydroxylation sites is 1. The smallest absolute Gasteiger partial charge is 0.187 e. The minimum absolute atomic E-state index is 0.404. The second-order valence-corrected chi connectivity index (χ2v) is 4.28. The number of hydrogen-bond donors (Lipinski definition) is 0. The van der Waals surface area contributed by atoms with E-state index in [1.54, 1.807) is 0 Å². The van der Waals surface area contributed by atoms with Gasteiger partial charge in [0.2, 0.25) is 0 Å². The summed E-state index contributed by atoms with van der Waals surface area (Å²) in [6.45, 7) is 0. The van der Waals surface area contributed by atoms with Crippen LogP contribution in [0.25, 0.3) is 21.3 Å². The Hall–Kier alpha value is -2.72. The molecule has 1 aromatic heterocycles. The third-order valence-corrected chi connectivity index (χ3v) is 3.08. The minimum Gasteiger partial charge on any atom is -0.354 e. The van der Waals surface area contributed by atoms with Gasteiger partial charge in [0, 0.05) is 29.7 Å². The summed E-state index contributed by atoms with van der Waals surface area (Å²) in [7, 11) is 1.86. The van der Waals surface area contributed by atoms with Crippen LogP contribution in [0.3, 0.4) is 0 Å². The van der Waals surface area contributed by atoms with Gasteiger partial charge in [0.05, 0.1) is 5.52 Å². The normalized spacial score (nSPS) is 17.8. The van der Waals surface area contributed by atoms with E-state index in [1.165, 1.54) is 0 Å². The molecule has 6 heteroatoms. The number of hydrogen-bond acceptors (Lipinski definition) is 4. The maximum atomic E-state index is 8.64. The Bertz CT molecular complexity index is 688. The van der Waals surface area contributed by atoms with Crippen LogP contribution < -0.4 is 4.90 Å². The lowest BCUT2D eigenvalue weighted by Crippen LogP contribution is -2.34. The SMILES string of the molecule is CN1C=CN(c2ccc3ccccc3n2)[C@@H]1N=[N+]=[N-]. The fourth-order valence-corrected chi connectivity index (χ4v) is 2.10. The summed E-state index contributed by atoms with van der Waals surface area (Å²) in [5.41, 5.74) is 9.56. The number of pyridine rings is 1. The third-order valence-electron chi connectivity index (χ3n) is 3.08. The molecule has 0 saturated carbocycles. The number of benzene rings is 1. The molecular formula is C13H12N6. The van der Waals surface area contributed by atoms with E-state index in [0.717, 1.165) is 16.7 Å². The van der Waals surface area contributed by atoms with Crippen molar-refractivity contribution in [3.8, 4) is 0 Å². The highest BCUT2D eigenvalue weighted by molar-refractivity contribution is 5.80. The Morgan fingerprint density at radius 3 is 2.89 bits per heavy atom. The topological polar surface area (TPSA) is 68.1 Å². The van der Waals surface area contributed by atoms with Crippen LogP contribution in [0.4, 0.5) is 5.82 Å². The molecule has 0 amide bonds. The average molecular weight is 252 g/mol. The number of rotatable bonds is 2.